The van der Waals surface area contributed by atoms with Crippen molar-refractivity contribution in [3.8, 4) is 0 Å². The van der Waals surface area contributed by atoms with Crippen molar-refractivity contribution in [1.29, 1.82) is 0 Å². The normalized spacial score (nSPS) is 43.0. The monoisotopic (exact) mass is 310 g/mol. The summed E-state index contributed by atoms with van der Waals surface area (Å²) in [7, 11) is -0.0105. The van der Waals surface area contributed by atoms with Crippen molar-refractivity contribution in [2.75, 3.05) is 0 Å². The Labute approximate surface area is 140 Å². The van der Waals surface area contributed by atoms with Crippen LogP contribution in [0.4, 0.5) is 0 Å². The van der Waals surface area contributed by atoms with Gasteiger partial charge in [-0.2, -0.15) is 0 Å². The minimum Gasteiger partial charge on any atom is -0.403 e. The van der Waals surface area contributed by atoms with Crippen LogP contribution in [-0.2, 0) is 14.7 Å². The van der Waals surface area contributed by atoms with Crippen molar-refractivity contribution in [2.45, 2.75) is 75.3 Å². The minimum absolute atomic E-state index is 0.0105. The van der Waals surface area contributed by atoms with Gasteiger partial charge in [-0.25, -0.2) is 0 Å². The lowest BCUT2D eigenvalue weighted by molar-refractivity contribution is -0.135. The van der Waals surface area contributed by atoms with Gasteiger partial charge in [0.15, 0.2) is 0 Å². The van der Waals surface area contributed by atoms with Crippen molar-refractivity contribution in [2.24, 2.45) is 11.8 Å². The predicted molar refractivity (Wildman–Crippen MR) is 92.3 cm³/mol. The first kappa shape index (κ1) is 14.5. The third-order valence-electron chi connectivity index (χ3n) is 7.67. The van der Waals surface area contributed by atoms with Gasteiger partial charge in [-0.3, -0.25) is 0 Å². The first-order valence-corrected chi connectivity index (χ1v) is 9.22. The molecule has 122 valence electrons. The molecule has 5 aliphatic rings. The lowest BCUT2D eigenvalue weighted by Crippen LogP contribution is -2.74. The van der Waals surface area contributed by atoms with Gasteiger partial charge in [0.25, 0.3) is 0 Å². The van der Waals surface area contributed by atoms with E-state index in [9.17, 15) is 0 Å². The van der Waals surface area contributed by atoms with Gasteiger partial charge in [0.05, 0.1) is 11.2 Å². The Kier molecular flexibility index (Phi) is 2.56. The van der Waals surface area contributed by atoms with Crippen LogP contribution < -0.4 is 0 Å². The molecule has 23 heavy (non-hydrogen) atoms. The molecule has 1 saturated heterocycles. The third-order valence-corrected chi connectivity index (χ3v) is 7.67. The van der Waals surface area contributed by atoms with Crippen LogP contribution >= 0.6 is 0 Å². The predicted octanol–water partition coefficient (Wildman–Crippen LogP) is 4.59. The molecular formula is C20H27BO2. The summed E-state index contributed by atoms with van der Waals surface area (Å²) in [6, 6.07) is 11.2. The Morgan fingerprint density at radius 3 is 2.00 bits per heavy atom. The van der Waals surface area contributed by atoms with Crippen LogP contribution in [0.3, 0.4) is 0 Å². The molecule has 3 heteroatoms. The van der Waals surface area contributed by atoms with Crippen molar-refractivity contribution in [3.05, 3.63) is 35.9 Å². The van der Waals surface area contributed by atoms with Gasteiger partial charge in [0.1, 0.15) is 0 Å². The fraction of sp³-hybridized carbons (Fsp3) is 0.700. The second kappa shape index (κ2) is 4.05. The van der Waals surface area contributed by atoms with E-state index < -0.39 is 0 Å². The molecule has 1 aliphatic heterocycles. The summed E-state index contributed by atoms with van der Waals surface area (Å²) in [5.41, 5.74) is 1.56. The van der Waals surface area contributed by atoms with Crippen LogP contribution in [0.1, 0.15) is 58.9 Å². The highest BCUT2D eigenvalue weighted by Gasteiger charge is 2.84. The standard InChI is InChI=1S/C20H27BO2/c1-17(2)18(3,4)23-21(22-17)20-12-19(13-20,16(20)14-10-11-14)15-8-6-5-7-9-15/h5-9,14,16H,10-13H2,1-4H3/t16-,19?,20?/m0/s1. The average molecular weight is 310 g/mol. The van der Waals surface area contributed by atoms with Gasteiger partial charge in [0, 0.05) is 5.31 Å². The molecule has 0 unspecified atom stereocenters. The molecule has 0 spiro atoms. The Bertz CT molecular complexity index is 625. The van der Waals surface area contributed by atoms with E-state index >= 15 is 0 Å². The number of hydrogen-bond donors (Lipinski definition) is 0. The van der Waals surface area contributed by atoms with Gasteiger partial charge < -0.3 is 9.31 Å². The van der Waals surface area contributed by atoms with Gasteiger partial charge >= 0.3 is 7.12 Å². The summed E-state index contributed by atoms with van der Waals surface area (Å²) in [4.78, 5) is 0. The first-order valence-electron chi connectivity index (χ1n) is 9.22. The van der Waals surface area contributed by atoms with Crippen molar-refractivity contribution in [3.63, 3.8) is 0 Å². The molecule has 0 amide bonds. The molecule has 1 heterocycles. The zero-order chi connectivity index (χ0) is 16.1. The molecule has 4 saturated carbocycles. The van der Waals surface area contributed by atoms with Crippen molar-refractivity contribution >= 4 is 7.12 Å². The van der Waals surface area contributed by atoms with E-state index in [2.05, 4.69) is 58.0 Å². The van der Waals surface area contributed by atoms with Crippen molar-refractivity contribution < 1.29 is 9.31 Å². The Morgan fingerprint density at radius 2 is 1.48 bits per heavy atom. The number of benzene rings is 1. The minimum atomic E-state index is -0.207. The first-order chi connectivity index (χ1) is 10.8. The van der Waals surface area contributed by atoms with Crippen LogP contribution in [0, 0.1) is 11.8 Å². The van der Waals surface area contributed by atoms with E-state index in [1.807, 2.05) is 0 Å². The van der Waals surface area contributed by atoms with E-state index in [4.69, 9.17) is 9.31 Å². The highest BCUT2D eigenvalue weighted by molar-refractivity contribution is 6.51. The molecule has 0 N–H and O–H groups in total. The SMILES string of the molecule is CC1(C)OB(C23CC(c4ccccc4)(C2)[C@@H]3C2CC2)OC1(C)C. The Balaban J connectivity index is 1.46. The van der Waals surface area contributed by atoms with E-state index in [1.165, 1.54) is 25.7 Å². The average Bonchev–Trinajstić information content (AvgIpc) is 3.16. The Morgan fingerprint density at radius 1 is 0.913 bits per heavy atom. The molecule has 2 nitrogen and oxygen atoms in total. The van der Waals surface area contributed by atoms with Crippen LogP contribution in [-0.4, -0.2) is 18.3 Å². The summed E-state index contributed by atoms with van der Waals surface area (Å²) in [5, 5.41) is 0.280. The van der Waals surface area contributed by atoms with E-state index in [0.717, 1.165) is 11.8 Å². The van der Waals surface area contributed by atoms with Crippen LogP contribution in [0.25, 0.3) is 0 Å². The maximum Gasteiger partial charge on any atom is 0.464 e. The van der Waals surface area contributed by atoms with E-state index in [1.54, 1.807) is 5.56 Å². The molecule has 1 aromatic rings. The molecule has 0 aromatic heterocycles. The van der Waals surface area contributed by atoms with Crippen LogP contribution in [0.15, 0.2) is 30.3 Å². The summed E-state index contributed by atoms with van der Waals surface area (Å²) in [6.07, 6.45) is 5.31. The van der Waals surface area contributed by atoms with Crippen molar-refractivity contribution in [1.82, 2.24) is 0 Å². The molecular weight excluding hydrogens is 283 g/mol. The van der Waals surface area contributed by atoms with E-state index in [0.29, 0.717) is 5.41 Å². The quantitative estimate of drug-likeness (QED) is 0.760. The largest absolute Gasteiger partial charge is 0.464 e. The van der Waals surface area contributed by atoms with Crippen LogP contribution in [0.5, 0.6) is 0 Å². The maximum atomic E-state index is 6.48. The number of rotatable bonds is 3. The fourth-order valence-corrected chi connectivity index (χ4v) is 5.75. The van der Waals surface area contributed by atoms with E-state index in [-0.39, 0.29) is 23.6 Å². The second-order valence-electron chi connectivity index (χ2n) is 9.51. The molecule has 5 fully saturated rings. The molecule has 1 aromatic carbocycles. The number of hydrogen-bond acceptors (Lipinski definition) is 2. The van der Waals surface area contributed by atoms with Gasteiger partial charge in [-0.05, 0) is 76.2 Å². The Hall–Kier alpha value is -0.795. The zero-order valence-electron chi connectivity index (χ0n) is 14.8. The fourth-order valence-electron chi connectivity index (χ4n) is 5.75. The van der Waals surface area contributed by atoms with Crippen LogP contribution in [0.2, 0.25) is 5.31 Å². The van der Waals surface area contributed by atoms with Gasteiger partial charge in [-0.15, -0.1) is 0 Å². The zero-order valence-corrected chi connectivity index (χ0v) is 14.8. The summed E-state index contributed by atoms with van der Waals surface area (Å²) in [5.74, 6) is 1.67. The third kappa shape index (κ3) is 1.63. The summed E-state index contributed by atoms with van der Waals surface area (Å²) < 4.78 is 13.0. The highest BCUT2D eigenvalue weighted by Crippen LogP contribution is 2.87. The van der Waals surface area contributed by atoms with Gasteiger partial charge in [-0.1, -0.05) is 30.3 Å². The molecule has 4 aliphatic carbocycles. The highest BCUT2D eigenvalue weighted by atomic mass is 16.7. The smallest absolute Gasteiger partial charge is 0.403 e. The molecule has 1 atom stereocenters. The molecule has 6 rings (SSSR count). The maximum absolute atomic E-state index is 6.48. The lowest BCUT2D eigenvalue weighted by atomic mass is 9.17. The molecule has 2 bridgehead atoms. The summed E-state index contributed by atoms with van der Waals surface area (Å²) >= 11 is 0. The lowest BCUT2D eigenvalue weighted by Gasteiger charge is -2.77. The topological polar surface area (TPSA) is 18.5 Å². The second-order valence-corrected chi connectivity index (χ2v) is 9.51. The molecule has 0 radical (unpaired) electrons. The van der Waals surface area contributed by atoms with Gasteiger partial charge in [0.2, 0.25) is 0 Å². The summed E-state index contributed by atoms with van der Waals surface area (Å²) in [6.45, 7) is 8.71.